The van der Waals surface area contributed by atoms with E-state index in [1.807, 2.05) is 60.7 Å². The van der Waals surface area contributed by atoms with Crippen LogP contribution in [0.4, 0.5) is 0 Å². The van der Waals surface area contributed by atoms with Gasteiger partial charge >= 0.3 is 11.9 Å². The lowest BCUT2D eigenvalue weighted by Crippen LogP contribution is -2.31. The van der Waals surface area contributed by atoms with Crippen molar-refractivity contribution in [3.63, 3.8) is 0 Å². The second kappa shape index (κ2) is 8.84. The summed E-state index contributed by atoms with van der Waals surface area (Å²) in [7, 11) is 0. The molecule has 0 saturated heterocycles. The Morgan fingerprint density at radius 1 is 0.655 bits per heavy atom. The van der Waals surface area contributed by atoms with E-state index < -0.39 is 17.8 Å². The highest BCUT2D eigenvalue weighted by molar-refractivity contribution is 6.06. The van der Waals surface area contributed by atoms with Gasteiger partial charge in [0.05, 0.1) is 16.7 Å². The molecule has 0 aromatic heterocycles. The summed E-state index contributed by atoms with van der Waals surface area (Å²) in [6.07, 6.45) is 0. The molecule has 6 heteroatoms. The van der Waals surface area contributed by atoms with E-state index in [2.05, 4.69) is 0 Å². The minimum Gasteiger partial charge on any atom is -0.478 e. The molecule has 0 atom stereocenters. The Labute approximate surface area is 167 Å². The van der Waals surface area contributed by atoms with Gasteiger partial charge in [0, 0.05) is 13.1 Å². The molecule has 0 aliphatic rings. The van der Waals surface area contributed by atoms with Crippen molar-refractivity contribution >= 4 is 17.8 Å². The minimum atomic E-state index is -1.35. The number of nitrogens with zero attached hydrogens (tertiary/aromatic N) is 1. The summed E-state index contributed by atoms with van der Waals surface area (Å²) in [5.41, 5.74) is 1.23. The maximum absolute atomic E-state index is 13.3. The van der Waals surface area contributed by atoms with E-state index in [1.54, 1.807) is 4.90 Å². The Bertz CT molecular complexity index is 990. The number of amides is 1. The molecular weight excluding hydrogens is 370 g/mol. The smallest absolute Gasteiger partial charge is 0.336 e. The largest absolute Gasteiger partial charge is 0.478 e. The number of carbonyl (C=O) groups excluding carboxylic acids is 1. The lowest BCUT2D eigenvalue weighted by molar-refractivity contribution is 0.0667. The zero-order valence-corrected chi connectivity index (χ0v) is 15.5. The summed E-state index contributed by atoms with van der Waals surface area (Å²) < 4.78 is 0. The van der Waals surface area contributed by atoms with Crippen molar-refractivity contribution in [1.82, 2.24) is 4.90 Å². The molecule has 3 rings (SSSR count). The zero-order valence-electron chi connectivity index (χ0n) is 15.5. The van der Waals surface area contributed by atoms with E-state index >= 15 is 0 Å². The quantitative estimate of drug-likeness (QED) is 0.638. The molecule has 0 bridgehead atoms. The topological polar surface area (TPSA) is 94.9 Å². The summed E-state index contributed by atoms with van der Waals surface area (Å²) >= 11 is 0. The number of benzene rings is 3. The Hall–Kier alpha value is -3.93. The highest BCUT2D eigenvalue weighted by Crippen LogP contribution is 2.19. The van der Waals surface area contributed by atoms with Crippen LogP contribution in [0.3, 0.4) is 0 Å². The molecule has 2 N–H and O–H groups in total. The van der Waals surface area contributed by atoms with Crippen LogP contribution in [0.25, 0.3) is 0 Å². The lowest BCUT2D eigenvalue weighted by Gasteiger charge is -2.24. The van der Waals surface area contributed by atoms with Gasteiger partial charge in [-0.3, -0.25) is 4.79 Å². The normalized spacial score (nSPS) is 10.3. The van der Waals surface area contributed by atoms with Crippen molar-refractivity contribution < 1.29 is 24.6 Å². The number of carboxylic acid groups (broad SMARTS) is 2. The molecule has 0 fully saturated rings. The van der Waals surface area contributed by atoms with E-state index in [0.717, 1.165) is 17.2 Å². The number of hydrogen-bond acceptors (Lipinski definition) is 3. The van der Waals surface area contributed by atoms with Crippen LogP contribution >= 0.6 is 0 Å². The highest BCUT2D eigenvalue weighted by Gasteiger charge is 2.24. The third kappa shape index (κ3) is 4.87. The van der Waals surface area contributed by atoms with Crippen molar-refractivity contribution in [2.45, 2.75) is 13.1 Å². The third-order valence-corrected chi connectivity index (χ3v) is 4.45. The number of aromatic carboxylic acids is 2. The molecule has 3 aromatic carbocycles. The summed E-state index contributed by atoms with van der Waals surface area (Å²) in [6, 6.07) is 22.3. The maximum atomic E-state index is 13.3. The molecular formula is C23H19NO5. The first-order valence-electron chi connectivity index (χ1n) is 8.93. The molecule has 0 aliphatic carbocycles. The second-order valence-corrected chi connectivity index (χ2v) is 6.50. The molecule has 6 nitrogen and oxygen atoms in total. The lowest BCUT2D eigenvalue weighted by atomic mass is 10.0. The van der Waals surface area contributed by atoms with Gasteiger partial charge in [0.15, 0.2) is 0 Å². The third-order valence-electron chi connectivity index (χ3n) is 4.45. The average molecular weight is 389 g/mol. The van der Waals surface area contributed by atoms with Gasteiger partial charge in [0.2, 0.25) is 0 Å². The first kappa shape index (κ1) is 19.8. The van der Waals surface area contributed by atoms with E-state index in [1.165, 1.54) is 12.1 Å². The van der Waals surface area contributed by atoms with Crippen molar-refractivity contribution in [3.05, 3.63) is 107 Å². The molecule has 0 heterocycles. The second-order valence-electron chi connectivity index (χ2n) is 6.50. The minimum absolute atomic E-state index is 0.0469. The first-order valence-corrected chi connectivity index (χ1v) is 8.93. The van der Waals surface area contributed by atoms with Gasteiger partial charge in [-0.1, -0.05) is 60.7 Å². The van der Waals surface area contributed by atoms with Gasteiger partial charge in [0.1, 0.15) is 0 Å². The van der Waals surface area contributed by atoms with Crippen molar-refractivity contribution in [3.8, 4) is 0 Å². The molecule has 1 amide bonds. The summed E-state index contributed by atoms with van der Waals surface area (Å²) in [5, 5.41) is 18.6. The molecule has 0 unspecified atom stereocenters. The summed E-state index contributed by atoms with van der Waals surface area (Å²) in [4.78, 5) is 37.7. The van der Waals surface area contributed by atoms with Crippen LogP contribution in [-0.2, 0) is 13.1 Å². The zero-order chi connectivity index (χ0) is 20.8. The molecule has 0 saturated carbocycles. The summed E-state index contributed by atoms with van der Waals surface area (Å²) in [6.45, 7) is 0.572. The van der Waals surface area contributed by atoms with Gasteiger partial charge in [-0.2, -0.15) is 0 Å². The molecule has 0 radical (unpaired) electrons. The van der Waals surface area contributed by atoms with E-state index in [0.29, 0.717) is 0 Å². The Balaban J connectivity index is 1.99. The number of hydrogen-bond donors (Lipinski definition) is 2. The van der Waals surface area contributed by atoms with Crippen molar-refractivity contribution in [2.75, 3.05) is 0 Å². The SMILES string of the molecule is O=C(O)c1ccc(C(=O)N(Cc2ccccc2)Cc2ccccc2)c(C(=O)O)c1. The van der Waals surface area contributed by atoms with E-state index in [-0.39, 0.29) is 29.8 Å². The van der Waals surface area contributed by atoms with Crippen LogP contribution in [-0.4, -0.2) is 33.0 Å². The number of carboxylic acids is 2. The van der Waals surface area contributed by atoms with Crippen molar-refractivity contribution in [1.29, 1.82) is 0 Å². The molecule has 146 valence electrons. The predicted octanol–water partition coefficient (Wildman–Crippen LogP) is 3.93. The molecule has 0 aliphatic heterocycles. The Morgan fingerprint density at radius 2 is 1.17 bits per heavy atom. The van der Waals surface area contributed by atoms with Crippen molar-refractivity contribution in [2.24, 2.45) is 0 Å². The molecule has 29 heavy (non-hydrogen) atoms. The van der Waals surface area contributed by atoms with Gasteiger partial charge in [0.25, 0.3) is 5.91 Å². The van der Waals surface area contributed by atoms with Crippen LogP contribution in [0, 0.1) is 0 Å². The van der Waals surface area contributed by atoms with E-state index in [9.17, 15) is 19.5 Å². The van der Waals surface area contributed by atoms with Crippen LogP contribution in [0.5, 0.6) is 0 Å². The van der Waals surface area contributed by atoms with Gasteiger partial charge < -0.3 is 15.1 Å². The molecule has 3 aromatic rings. The Morgan fingerprint density at radius 3 is 1.62 bits per heavy atom. The monoisotopic (exact) mass is 389 g/mol. The van der Waals surface area contributed by atoms with Crippen LogP contribution < -0.4 is 0 Å². The van der Waals surface area contributed by atoms with Crippen LogP contribution in [0.15, 0.2) is 78.9 Å². The fraction of sp³-hybridized carbons (Fsp3) is 0.0870. The fourth-order valence-electron chi connectivity index (χ4n) is 3.02. The Kier molecular flexibility index (Phi) is 6.04. The van der Waals surface area contributed by atoms with Crippen LogP contribution in [0.2, 0.25) is 0 Å². The number of rotatable bonds is 7. The average Bonchev–Trinajstić information content (AvgIpc) is 2.73. The maximum Gasteiger partial charge on any atom is 0.336 e. The van der Waals surface area contributed by atoms with Gasteiger partial charge in [-0.15, -0.1) is 0 Å². The summed E-state index contributed by atoms with van der Waals surface area (Å²) in [5.74, 6) is -3.08. The van der Waals surface area contributed by atoms with Gasteiger partial charge in [-0.05, 0) is 29.3 Å². The predicted molar refractivity (Wildman–Crippen MR) is 107 cm³/mol. The molecule has 0 spiro atoms. The fourth-order valence-corrected chi connectivity index (χ4v) is 3.02. The van der Waals surface area contributed by atoms with Crippen LogP contribution in [0.1, 0.15) is 42.2 Å². The number of carbonyl (C=O) groups is 3. The highest BCUT2D eigenvalue weighted by atomic mass is 16.4. The first-order chi connectivity index (χ1) is 14.0. The van der Waals surface area contributed by atoms with E-state index in [4.69, 9.17) is 5.11 Å². The van der Waals surface area contributed by atoms with Gasteiger partial charge in [-0.25, -0.2) is 9.59 Å². The standard InChI is InChI=1S/C23H19NO5/c25-21(19-12-11-18(22(26)27)13-20(19)23(28)29)24(14-16-7-3-1-4-8-16)15-17-9-5-2-6-10-17/h1-13H,14-15H2,(H,26,27)(H,28,29).